The molecule has 92 valence electrons. The summed E-state index contributed by atoms with van der Waals surface area (Å²) in [6, 6.07) is 0.272. The van der Waals surface area contributed by atoms with Crippen LogP contribution in [-0.4, -0.2) is 48.9 Å². The minimum Gasteiger partial charge on any atom is -0.370 e. The number of primary amides is 1. The van der Waals surface area contributed by atoms with Crippen LogP contribution in [0.3, 0.4) is 0 Å². The van der Waals surface area contributed by atoms with Gasteiger partial charge in [-0.1, -0.05) is 0 Å². The van der Waals surface area contributed by atoms with Gasteiger partial charge in [0, 0.05) is 32.1 Å². The number of hydrogen-bond acceptors (Lipinski definition) is 4. The van der Waals surface area contributed by atoms with Gasteiger partial charge in [0.2, 0.25) is 11.8 Å². The molecule has 0 atom stereocenters. The molecule has 1 aliphatic heterocycles. The molecule has 2 amide bonds. The second-order valence-electron chi connectivity index (χ2n) is 4.18. The van der Waals surface area contributed by atoms with Gasteiger partial charge in [0.25, 0.3) is 0 Å². The van der Waals surface area contributed by atoms with Crippen molar-refractivity contribution in [2.24, 2.45) is 11.5 Å². The van der Waals surface area contributed by atoms with Crippen LogP contribution in [0.2, 0.25) is 0 Å². The third-order valence-corrected chi connectivity index (χ3v) is 2.69. The smallest absolute Gasteiger partial charge is 0.234 e. The number of nitrogens with two attached hydrogens (primary N) is 2. The topological polar surface area (TPSA) is 101 Å². The number of likely N-dealkylation sites (tertiary alicyclic amines) is 1. The van der Waals surface area contributed by atoms with E-state index < -0.39 is 5.91 Å². The van der Waals surface area contributed by atoms with Gasteiger partial charge in [0.05, 0.1) is 6.54 Å². The van der Waals surface area contributed by atoms with Crippen molar-refractivity contribution in [1.29, 1.82) is 0 Å². The number of amides is 2. The summed E-state index contributed by atoms with van der Waals surface area (Å²) in [4.78, 5) is 24.0. The standard InChI is InChI=1S/C10H20N4O2/c11-8-2-5-14(6-3-8)7-10(16)13-4-1-9(12)15/h8H,1-7,11H2,(H2,12,15)(H,13,16). The molecule has 0 unspecified atom stereocenters. The molecular formula is C10H20N4O2. The average molecular weight is 228 g/mol. The van der Waals surface area contributed by atoms with Crippen LogP contribution in [-0.2, 0) is 9.59 Å². The normalized spacial score (nSPS) is 18.3. The number of carbonyl (C=O) groups is 2. The summed E-state index contributed by atoms with van der Waals surface area (Å²) in [6.07, 6.45) is 2.07. The fourth-order valence-corrected chi connectivity index (χ4v) is 1.70. The molecule has 1 saturated heterocycles. The average Bonchev–Trinajstić information content (AvgIpc) is 2.21. The lowest BCUT2D eigenvalue weighted by Crippen LogP contribution is -2.44. The van der Waals surface area contributed by atoms with Gasteiger partial charge in [-0.25, -0.2) is 0 Å². The van der Waals surface area contributed by atoms with Crippen molar-refractivity contribution in [2.45, 2.75) is 25.3 Å². The highest BCUT2D eigenvalue weighted by molar-refractivity contribution is 5.79. The first-order valence-electron chi connectivity index (χ1n) is 5.61. The van der Waals surface area contributed by atoms with E-state index in [0.717, 1.165) is 25.9 Å². The van der Waals surface area contributed by atoms with Gasteiger partial charge in [-0.2, -0.15) is 0 Å². The van der Waals surface area contributed by atoms with Crippen molar-refractivity contribution in [2.75, 3.05) is 26.2 Å². The zero-order chi connectivity index (χ0) is 12.0. The van der Waals surface area contributed by atoms with Crippen molar-refractivity contribution in [3.8, 4) is 0 Å². The van der Waals surface area contributed by atoms with E-state index in [1.165, 1.54) is 0 Å². The number of rotatable bonds is 5. The van der Waals surface area contributed by atoms with E-state index in [1.54, 1.807) is 0 Å². The van der Waals surface area contributed by atoms with Gasteiger partial charge in [0.15, 0.2) is 0 Å². The summed E-state index contributed by atoms with van der Waals surface area (Å²) in [5.74, 6) is -0.457. The van der Waals surface area contributed by atoms with Crippen LogP contribution in [0.1, 0.15) is 19.3 Å². The Bertz CT molecular complexity index is 249. The number of nitrogens with one attached hydrogen (secondary N) is 1. The lowest BCUT2D eigenvalue weighted by Gasteiger charge is -2.29. The number of carbonyl (C=O) groups excluding carboxylic acids is 2. The summed E-state index contributed by atoms with van der Waals surface area (Å²) in [7, 11) is 0. The van der Waals surface area contributed by atoms with E-state index >= 15 is 0 Å². The van der Waals surface area contributed by atoms with E-state index in [-0.39, 0.29) is 18.4 Å². The van der Waals surface area contributed by atoms with Crippen LogP contribution in [0.5, 0.6) is 0 Å². The van der Waals surface area contributed by atoms with Crippen molar-refractivity contribution >= 4 is 11.8 Å². The first-order chi connectivity index (χ1) is 7.58. The quantitative estimate of drug-likeness (QED) is 0.527. The largest absolute Gasteiger partial charge is 0.370 e. The highest BCUT2D eigenvalue weighted by Crippen LogP contribution is 2.06. The summed E-state index contributed by atoms with van der Waals surface area (Å²) in [5, 5.41) is 2.66. The second kappa shape index (κ2) is 6.44. The summed E-state index contributed by atoms with van der Waals surface area (Å²) in [5.41, 5.74) is 10.7. The first kappa shape index (κ1) is 12.9. The van der Waals surface area contributed by atoms with Gasteiger partial charge in [-0.15, -0.1) is 0 Å². The van der Waals surface area contributed by atoms with Gasteiger partial charge < -0.3 is 16.8 Å². The Balaban J connectivity index is 2.11. The third kappa shape index (κ3) is 5.09. The molecule has 0 aliphatic carbocycles. The van der Waals surface area contributed by atoms with E-state index in [2.05, 4.69) is 10.2 Å². The molecule has 1 fully saturated rings. The van der Waals surface area contributed by atoms with Crippen LogP contribution >= 0.6 is 0 Å². The number of hydrogen-bond donors (Lipinski definition) is 3. The number of piperidine rings is 1. The molecule has 0 radical (unpaired) electrons. The monoisotopic (exact) mass is 228 g/mol. The molecule has 0 aromatic heterocycles. The minimum absolute atomic E-state index is 0.0586. The zero-order valence-electron chi connectivity index (χ0n) is 9.45. The van der Waals surface area contributed by atoms with E-state index in [4.69, 9.17) is 11.5 Å². The Morgan fingerprint density at radius 3 is 2.50 bits per heavy atom. The van der Waals surface area contributed by atoms with Crippen molar-refractivity contribution < 1.29 is 9.59 Å². The highest BCUT2D eigenvalue weighted by Gasteiger charge is 2.17. The van der Waals surface area contributed by atoms with E-state index in [1.807, 2.05) is 0 Å². The Morgan fingerprint density at radius 1 is 1.31 bits per heavy atom. The molecule has 1 heterocycles. The molecular weight excluding hydrogens is 208 g/mol. The predicted octanol–water partition coefficient (Wildman–Crippen LogP) is -1.60. The fourth-order valence-electron chi connectivity index (χ4n) is 1.70. The van der Waals surface area contributed by atoms with E-state index in [9.17, 15) is 9.59 Å². The Labute approximate surface area is 95.3 Å². The van der Waals surface area contributed by atoms with E-state index in [0.29, 0.717) is 13.1 Å². The fraction of sp³-hybridized carbons (Fsp3) is 0.800. The summed E-state index contributed by atoms with van der Waals surface area (Å²) in [6.45, 7) is 2.43. The maximum Gasteiger partial charge on any atom is 0.234 e. The molecule has 6 heteroatoms. The van der Waals surface area contributed by atoms with Crippen molar-refractivity contribution in [3.63, 3.8) is 0 Å². The van der Waals surface area contributed by atoms with Crippen LogP contribution in [0.4, 0.5) is 0 Å². The molecule has 6 nitrogen and oxygen atoms in total. The van der Waals surface area contributed by atoms with Crippen LogP contribution < -0.4 is 16.8 Å². The molecule has 0 saturated carbocycles. The molecule has 1 rings (SSSR count). The molecule has 16 heavy (non-hydrogen) atoms. The van der Waals surface area contributed by atoms with Gasteiger partial charge in [-0.3, -0.25) is 14.5 Å². The second-order valence-corrected chi connectivity index (χ2v) is 4.18. The third-order valence-electron chi connectivity index (χ3n) is 2.69. The molecule has 0 spiro atoms. The number of nitrogens with zero attached hydrogens (tertiary/aromatic N) is 1. The summed E-state index contributed by atoms with van der Waals surface area (Å²) >= 11 is 0. The maximum atomic E-state index is 11.4. The molecule has 0 aromatic rings. The van der Waals surface area contributed by atoms with Crippen molar-refractivity contribution in [3.05, 3.63) is 0 Å². The molecule has 0 bridgehead atoms. The Hall–Kier alpha value is -1.14. The SMILES string of the molecule is NC(=O)CCNC(=O)CN1CCC(N)CC1. The van der Waals surface area contributed by atoms with Gasteiger partial charge >= 0.3 is 0 Å². The van der Waals surface area contributed by atoms with Crippen LogP contribution in [0, 0.1) is 0 Å². The molecule has 0 aromatic carbocycles. The Morgan fingerprint density at radius 2 is 1.94 bits per heavy atom. The highest BCUT2D eigenvalue weighted by atomic mass is 16.2. The van der Waals surface area contributed by atoms with Crippen LogP contribution in [0.25, 0.3) is 0 Å². The lowest BCUT2D eigenvalue weighted by atomic mass is 10.1. The zero-order valence-corrected chi connectivity index (χ0v) is 9.45. The molecule has 1 aliphatic rings. The first-order valence-corrected chi connectivity index (χ1v) is 5.61. The van der Waals surface area contributed by atoms with Gasteiger partial charge in [-0.05, 0) is 12.8 Å². The lowest BCUT2D eigenvalue weighted by molar-refractivity contribution is -0.122. The van der Waals surface area contributed by atoms with Gasteiger partial charge in [0.1, 0.15) is 0 Å². The minimum atomic E-state index is -0.399. The maximum absolute atomic E-state index is 11.4. The van der Waals surface area contributed by atoms with Crippen molar-refractivity contribution in [1.82, 2.24) is 10.2 Å². The molecule has 5 N–H and O–H groups in total. The summed E-state index contributed by atoms with van der Waals surface area (Å²) < 4.78 is 0. The van der Waals surface area contributed by atoms with Crippen LogP contribution in [0.15, 0.2) is 0 Å². The predicted molar refractivity (Wildman–Crippen MR) is 60.5 cm³/mol. The Kier molecular flexibility index (Phi) is 5.21.